The van der Waals surface area contributed by atoms with Crippen LogP contribution in [0, 0.1) is 5.92 Å². The van der Waals surface area contributed by atoms with Crippen molar-refractivity contribution in [3.8, 4) is 5.75 Å². The maximum atomic E-state index is 13.7. The molecule has 210 valence electrons. The summed E-state index contributed by atoms with van der Waals surface area (Å²) in [4.78, 5) is 19.7. The first kappa shape index (κ1) is 29.4. The van der Waals surface area contributed by atoms with Crippen LogP contribution < -0.4 is 4.74 Å². The van der Waals surface area contributed by atoms with Crippen LogP contribution in [0.3, 0.4) is 0 Å². The Morgan fingerprint density at radius 2 is 2.03 bits per heavy atom. The Kier molecular flexibility index (Phi) is 9.59. The predicted molar refractivity (Wildman–Crippen MR) is 151 cm³/mol. The molecule has 1 fully saturated rings. The van der Waals surface area contributed by atoms with Crippen molar-refractivity contribution < 1.29 is 22.7 Å². The first-order valence-electron chi connectivity index (χ1n) is 12.8. The van der Waals surface area contributed by atoms with Crippen LogP contribution in [-0.2, 0) is 33.4 Å². The fourth-order valence-corrected chi connectivity index (χ4v) is 6.63. The second kappa shape index (κ2) is 12.7. The number of carbonyl (C=O) groups is 1. The van der Waals surface area contributed by atoms with Crippen LogP contribution in [-0.4, -0.2) is 55.1 Å². The van der Waals surface area contributed by atoms with E-state index in [-0.39, 0.29) is 40.4 Å². The van der Waals surface area contributed by atoms with Gasteiger partial charge in [-0.3, -0.25) is 4.79 Å². The molecule has 1 aromatic heterocycles. The lowest BCUT2D eigenvalue weighted by Gasteiger charge is -2.27. The average molecular weight is 595 g/mol. The highest BCUT2D eigenvalue weighted by Gasteiger charge is 2.29. The van der Waals surface area contributed by atoms with Gasteiger partial charge in [0.1, 0.15) is 5.75 Å². The number of methoxy groups -OCH3 is 1. The number of ether oxygens (including phenoxy) is 2. The molecule has 8 nitrogen and oxygen atoms in total. The summed E-state index contributed by atoms with van der Waals surface area (Å²) < 4.78 is 39.9. The Morgan fingerprint density at radius 3 is 2.69 bits per heavy atom. The van der Waals surface area contributed by atoms with Gasteiger partial charge in [-0.2, -0.15) is 0 Å². The number of imidazole rings is 1. The second-order valence-corrected chi connectivity index (χ2v) is 12.8. The summed E-state index contributed by atoms with van der Waals surface area (Å²) in [5, 5.41) is 0.660. The number of aromatic nitrogens is 2. The third kappa shape index (κ3) is 7.33. The van der Waals surface area contributed by atoms with Crippen molar-refractivity contribution in [2.45, 2.75) is 56.8 Å². The maximum absolute atomic E-state index is 13.7. The van der Waals surface area contributed by atoms with Crippen molar-refractivity contribution in [1.29, 1.82) is 0 Å². The molecule has 0 unspecified atom stereocenters. The first-order chi connectivity index (χ1) is 18.6. The van der Waals surface area contributed by atoms with Gasteiger partial charge in [0.2, 0.25) is 15.0 Å². The van der Waals surface area contributed by atoms with Crippen LogP contribution in [0.5, 0.6) is 5.75 Å². The third-order valence-electron chi connectivity index (χ3n) is 6.47. The quantitative estimate of drug-likeness (QED) is 0.285. The van der Waals surface area contributed by atoms with Crippen LogP contribution in [0.4, 0.5) is 0 Å². The zero-order valence-electron chi connectivity index (χ0n) is 22.3. The van der Waals surface area contributed by atoms with Gasteiger partial charge >= 0.3 is 0 Å². The Balaban J connectivity index is 1.68. The molecule has 0 N–H and O–H groups in total. The summed E-state index contributed by atoms with van der Waals surface area (Å²) in [5.41, 5.74) is 1.53. The molecule has 2 heterocycles. The molecule has 0 saturated carbocycles. The van der Waals surface area contributed by atoms with Crippen molar-refractivity contribution in [3.05, 3.63) is 75.5 Å². The summed E-state index contributed by atoms with van der Waals surface area (Å²) in [7, 11) is -2.27. The summed E-state index contributed by atoms with van der Waals surface area (Å²) in [6.45, 7) is 5.57. The molecule has 1 aliphatic heterocycles. The summed E-state index contributed by atoms with van der Waals surface area (Å²) in [6.07, 6.45) is 3.19. The fourth-order valence-electron chi connectivity index (χ4n) is 4.66. The minimum atomic E-state index is -3.80. The van der Waals surface area contributed by atoms with E-state index in [1.54, 1.807) is 52.1 Å². The Labute approximate surface area is 239 Å². The number of hydrogen-bond acceptors (Lipinski definition) is 6. The average Bonchev–Trinajstić information content (AvgIpc) is 3.53. The molecule has 1 amide bonds. The van der Waals surface area contributed by atoms with Gasteiger partial charge in [0.15, 0.2) is 0 Å². The number of carbonyl (C=O) groups excluding carboxylic acids is 1. The van der Waals surface area contributed by atoms with Crippen molar-refractivity contribution in [2.24, 2.45) is 5.92 Å². The highest BCUT2D eigenvalue weighted by Crippen LogP contribution is 2.26. The molecular weight excluding hydrogens is 561 g/mol. The minimum absolute atomic E-state index is 0.0249. The number of hydrogen-bond donors (Lipinski definition) is 0. The lowest BCUT2D eigenvalue weighted by Crippen LogP contribution is -2.37. The highest BCUT2D eigenvalue weighted by atomic mass is 35.5. The van der Waals surface area contributed by atoms with Gasteiger partial charge in [-0.05, 0) is 54.7 Å². The van der Waals surface area contributed by atoms with Crippen molar-refractivity contribution in [3.63, 3.8) is 0 Å². The standard InChI is InChI=1S/C28H33Cl2N3O5S/c1-19(2)15-33-22(14-31-28(33)39(35,36)18-20-6-4-7-23(12-20)37-3)16-32(17-24-8-5-11-38-24)27(34)25-10-9-21(29)13-26(25)30/h4,6-7,9-10,12-14,19,24H,5,8,11,15-18H2,1-3H3/t24-/m0/s1. The molecule has 1 aliphatic rings. The zero-order valence-corrected chi connectivity index (χ0v) is 24.6. The summed E-state index contributed by atoms with van der Waals surface area (Å²) >= 11 is 12.4. The van der Waals surface area contributed by atoms with Gasteiger partial charge < -0.3 is 18.9 Å². The zero-order chi connectivity index (χ0) is 28.2. The summed E-state index contributed by atoms with van der Waals surface area (Å²) in [6, 6.07) is 11.7. The van der Waals surface area contributed by atoms with Crippen LogP contribution in [0.1, 0.15) is 48.3 Å². The molecule has 39 heavy (non-hydrogen) atoms. The van der Waals surface area contributed by atoms with Gasteiger partial charge in [-0.1, -0.05) is 49.2 Å². The number of nitrogens with zero attached hydrogens (tertiary/aromatic N) is 3. The van der Waals surface area contributed by atoms with Crippen LogP contribution in [0.15, 0.2) is 53.8 Å². The molecule has 0 bridgehead atoms. The number of amides is 1. The smallest absolute Gasteiger partial charge is 0.255 e. The van der Waals surface area contributed by atoms with E-state index >= 15 is 0 Å². The molecule has 1 saturated heterocycles. The van der Waals surface area contributed by atoms with Crippen molar-refractivity contribution in [2.75, 3.05) is 20.3 Å². The lowest BCUT2D eigenvalue weighted by atomic mass is 10.1. The topological polar surface area (TPSA) is 90.7 Å². The highest BCUT2D eigenvalue weighted by molar-refractivity contribution is 7.90. The molecule has 2 aromatic carbocycles. The fraction of sp³-hybridized carbons (Fsp3) is 0.429. The van der Waals surface area contributed by atoms with Gasteiger partial charge in [-0.15, -0.1) is 0 Å². The largest absolute Gasteiger partial charge is 0.497 e. The monoisotopic (exact) mass is 593 g/mol. The first-order valence-corrected chi connectivity index (χ1v) is 15.2. The van der Waals surface area contributed by atoms with Gasteiger partial charge in [0, 0.05) is 24.7 Å². The van der Waals surface area contributed by atoms with E-state index in [0.717, 1.165) is 12.8 Å². The third-order valence-corrected chi connectivity index (χ3v) is 8.61. The van der Waals surface area contributed by atoms with E-state index in [1.807, 2.05) is 13.8 Å². The number of benzene rings is 2. The number of sulfone groups is 1. The lowest BCUT2D eigenvalue weighted by molar-refractivity contribution is 0.0501. The van der Waals surface area contributed by atoms with Gasteiger partial charge in [0.25, 0.3) is 5.91 Å². The maximum Gasteiger partial charge on any atom is 0.255 e. The molecule has 11 heteroatoms. The van der Waals surface area contributed by atoms with E-state index in [4.69, 9.17) is 32.7 Å². The van der Waals surface area contributed by atoms with Gasteiger partial charge in [0.05, 0.1) is 48.0 Å². The molecule has 1 atom stereocenters. The second-order valence-electron chi connectivity index (χ2n) is 10.1. The molecule has 0 spiro atoms. The Bertz CT molecular complexity index is 1420. The van der Waals surface area contributed by atoms with Crippen LogP contribution in [0.2, 0.25) is 10.0 Å². The van der Waals surface area contributed by atoms with E-state index < -0.39 is 9.84 Å². The SMILES string of the molecule is COc1cccc(CS(=O)(=O)c2ncc(CN(C[C@@H]3CCCO3)C(=O)c3ccc(Cl)cc3Cl)n2CC(C)C)c1. The predicted octanol–water partition coefficient (Wildman–Crippen LogP) is 5.65. The summed E-state index contributed by atoms with van der Waals surface area (Å²) in [5.74, 6) is 0.206. The molecule has 4 rings (SSSR count). The molecule has 0 radical (unpaired) electrons. The molecular formula is C28H33Cl2N3O5S. The van der Waals surface area contributed by atoms with E-state index in [9.17, 15) is 13.2 Å². The van der Waals surface area contributed by atoms with E-state index in [1.165, 1.54) is 13.2 Å². The van der Waals surface area contributed by atoms with Crippen LogP contribution >= 0.6 is 23.2 Å². The van der Waals surface area contributed by atoms with Crippen molar-refractivity contribution >= 4 is 38.9 Å². The van der Waals surface area contributed by atoms with Gasteiger partial charge in [-0.25, -0.2) is 13.4 Å². The normalized spacial score (nSPS) is 15.6. The van der Waals surface area contributed by atoms with E-state index in [2.05, 4.69) is 4.98 Å². The van der Waals surface area contributed by atoms with E-state index in [0.29, 0.717) is 47.3 Å². The minimum Gasteiger partial charge on any atom is -0.497 e. The van der Waals surface area contributed by atoms with Crippen molar-refractivity contribution in [1.82, 2.24) is 14.5 Å². The number of rotatable bonds is 11. The molecule has 3 aromatic rings. The molecule has 0 aliphatic carbocycles. The number of halogens is 2. The Morgan fingerprint density at radius 1 is 1.23 bits per heavy atom. The van der Waals surface area contributed by atoms with Crippen LogP contribution in [0.25, 0.3) is 0 Å². The Hall–Kier alpha value is -2.59.